The van der Waals surface area contributed by atoms with Crippen LogP contribution in [0.1, 0.15) is 38.1 Å². The minimum Gasteiger partial charge on any atom is -0.299 e. The van der Waals surface area contributed by atoms with E-state index in [1.807, 2.05) is 24.3 Å². The maximum Gasteiger partial charge on any atom is 0.209 e. The molecule has 0 saturated heterocycles. The normalized spacial score (nSPS) is 15.8. The minimum atomic E-state index is -3.42. The summed E-state index contributed by atoms with van der Waals surface area (Å²) in [5.41, 5.74) is 0.875. The highest BCUT2D eigenvalue weighted by atomic mass is 35.5. The van der Waals surface area contributed by atoms with Crippen LogP contribution in [0.2, 0.25) is 5.02 Å². The first-order chi connectivity index (χ1) is 12.0. The quantitative estimate of drug-likeness (QED) is 0.567. The van der Waals surface area contributed by atoms with Crippen LogP contribution in [0.15, 0.2) is 29.4 Å². The number of aromatic nitrogens is 3. The van der Waals surface area contributed by atoms with E-state index in [0.717, 1.165) is 29.4 Å². The zero-order valence-corrected chi connectivity index (χ0v) is 16.2. The maximum atomic E-state index is 11.1. The van der Waals surface area contributed by atoms with Crippen molar-refractivity contribution in [3.05, 3.63) is 29.3 Å². The molecule has 1 fully saturated rings. The van der Waals surface area contributed by atoms with E-state index in [9.17, 15) is 8.42 Å². The number of primary sulfonamides is 1. The van der Waals surface area contributed by atoms with E-state index in [2.05, 4.69) is 14.8 Å². The molecule has 1 heterocycles. The maximum absolute atomic E-state index is 11.1. The van der Waals surface area contributed by atoms with Crippen LogP contribution in [0, 0.1) is 0 Å². The molecular formula is C16H21ClN4O2S2. The number of hydrogen-bond donors (Lipinski definition) is 1. The summed E-state index contributed by atoms with van der Waals surface area (Å²) in [6, 6.07) is 8.00. The molecule has 0 radical (unpaired) electrons. The molecule has 1 aromatic heterocycles. The number of nitrogens with zero attached hydrogens (tertiary/aromatic N) is 3. The average Bonchev–Trinajstić information content (AvgIpc) is 3.20. The van der Waals surface area contributed by atoms with E-state index in [4.69, 9.17) is 16.7 Å². The molecule has 0 bridgehead atoms. The third-order valence-electron chi connectivity index (χ3n) is 4.27. The Morgan fingerprint density at radius 1 is 1.24 bits per heavy atom. The third kappa shape index (κ3) is 4.75. The van der Waals surface area contributed by atoms with E-state index in [1.54, 1.807) is 0 Å². The molecule has 0 spiro atoms. The molecular weight excluding hydrogens is 380 g/mol. The van der Waals surface area contributed by atoms with Gasteiger partial charge in [-0.3, -0.25) is 4.57 Å². The number of thioether (sulfide) groups is 1. The smallest absolute Gasteiger partial charge is 0.209 e. The molecule has 0 aliphatic heterocycles. The summed E-state index contributed by atoms with van der Waals surface area (Å²) in [5.74, 6) is 1.39. The molecule has 0 unspecified atom stereocenters. The molecule has 1 aromatic carbocycles. The summed E-state index contributed by atoms with van der Waals surface area (Å²) in [5, 5.41) is 15.3. The molecule has 9 heteroatoms. The monoisotopic (exact) mass is 400 g/mol. The van der Waals surface area contributed by atoms with Crippen molar-refractivity contribution in [3.8, 4) is 11.4 Å². The molecule has 2 aromatic rings. The van der Waals surface area contributed by atoms with Crippen molar-refractivity contribution in [1.82, 2.24) is 14.8 Å². The lowest BCUT2D eigenvalue weighted by atomic mass is 10.2. The Morgan fingerprint density at radius 2 is 1.96 bits per heavy atom. The summed E-state index contributed by atoms with van der Waals surface area (Å²) < 4.78 is 24.3. The lowest BCUT2D eigenvalue weighted by Gasteiger charge is -2.17. The lowest BCUT2D eigenvalue weighted by Crippen LogP contribution is -2.16. The molecule has 1 aliphatic carbocycles. The first-order valence-corrected chi connectivity index (χ1v) is 11.4. The highest BCUT2D eigenvalue weighted by molar-refractivity contribution is 7.99. The van der Waals surface area contributed by atoms with Crippen LogP contribution in [0.25, 0.3) is 11.4 Å². The van der Waals surface area contributed by atoms with Crippen molar-refractivity contribution >= 4 is 33.4 Å². The van der Waals surface area contributed by atoms with Gasteiger partial charge in [-0.15, -0.1) is 10.2 Å². The van der Waals surface area contributed by atoms with Crippen molar-refractivity contribution in [2.75, 3.05) is 11.5 Å². The van der Waals surface area contributed by atoms with Gasteiger partial charge in [-0.05, 0) is 31.4 Å². The van der Waals surface area contributed by atoms with E-state index in [0.29, 0.717) is 23.2 Å². The zero-order chi connectivity index (χ0) is 17.9. The number of nitrogens with two attached hydrogens (primary N) is 1. The van der Waals surface area contributed by atoms with Crippen molar-refractivity contribution < 1.29 is 8.42 Å². The molecule has 136 valence electrons. The van der Waals surface area contributed by atoms with Crippen molar-refractivity contribution in [2.24, 2.45) is 5.14 Å². The van der Waals surface area contributed by atoms with Gasteiger partial charge in [-0.1, -0.05) is 48.3 Å². The molecule has 0 atom stereocenters. The van der Waals surface area contributed by atoms with Gasteiger partial charge in [-0.2, -0.15) is 0 Å². The van der Waals surface area contributed by atoms with Gasteiger partial charge < -0.3 is 0 Å². The van der Waals surface area contributed by atoms with Crippen LogP contribution in [-0.4, -0.2) is 34.7 Å². The molecule has 0 amide bonds. The van der Waals surface area contributed by atoms with E-state index in [1.165, 1.54) is 24.6 Å². The summed E-state index contributed by atoms with van der Waals surface area (Å²) in [4.78, 5) is 0. The van der Waals surface area contributed by atoms with Crippen LogP contribution < -0.4 is 5.14 Å². The van der Waals surface area contributed by atoms with Crippen molar-refractivity contribution in [1.29, 1.82) is 0 Å². The van der Waals surface area contributed by atoms with Crippen molar-refractivity contribution in [3.63, 3.8) is 0 Å². The predicted molar refractivity (Wildman–Crippen MR) is 101 cm³/mol. The number of hydrogen-bond acceptors (Lipinski definition) is 5. The van der Waals surface area contributed by atoms with Gasteiger partial charge in [0.05, 0.1) is 10.8 Å². The fourth-order valence-electron chi connectivity index (χ4n) is 3.12. The number of sulfonamides is 1. The standard InChI is InChI=1S/C16H21ClN4O2S2/c17-14-9-4-3-8-13(14)15-19-20-16(21(15)12-6-1-2-7-12)24-10-5-11-25(18,22)23/h3-4,8-9,12H,1-2,5-7,10-11H2,(H2,18,22,23). The van der Waals surface area contributed by atoms with E-state index < -0.39 is 10.0 Å². The fraction of sp³-hybridized carbons (Fsp3) is 0.500. The molecule has 25 heavy (non-hydrogen) atoms. The van der Waals surface area contributed by atoms with Crippen LogP contribution in [0.5, 0.6) is 0 Å². The zero-order valence-electron chi connectivity index (χ0n) is 13.8. The van der Waals surface area contributed by atoms with Gasteiger partial charge in [0.2, 0.25) is 10.0 Å². The highest BCUT2D eigenvalue weighted by Crippen LogP contribution is 2.38. The van der Waals surface area contributed by atoms with E-state index in [-0.39, 0.29) is 5.75 Å². The van der Waals surface area contributed by atoms with Crippen LogP contribution in [0.4, 0.5) is 0 Å². The SMILES string of the molecule is NS(=O)(=O)CCCSc1nnc(-c2ccccc2Cl)n1C1CCCC1. The topological polar surface area (TPSA) is 90.9 Å². The molecule has 3 rings (SSSR count). The van der Waals surface area contributed by atoms with Crippen molar-refractivity contribution in [2.45, 2.75) is 43.3 Å². The number of benzene rings is 1. The molecule has 2 N–H and O–H groups in total. The minimum absolute atomic E-state index is 0.0189. The number of halogens is 1. The Morgan fingerprint density at radius 3 is 2.64 bits per heavy atom. The summed E-state index contributed by atoms with van der Waals surface area (Å²) >= 11 is 7.88. The van der Waals surface area contributed by atoms with Gasteiger partial charge >= 0.3 is 0 Å². The molecule has 1 aliphatic rings. The fourth-order valence-corrected chi connectivity index (χ4v) is 5.01. The van der Waals surface area contributed by atoms with Crippen LogP contribution in [0.3, 0.4) is 0 Å². The Bertz CT molecular complexity index is 832. The van der Waals surface area contributed by atoms with Crippen LogP contribution in [-0.2, 0) is 10.0 Å². The summed E-state index contributed by atoms with van der Waals surface area (Å²) in [7, 11) is -3.42. The van der Waals surface area contributed by atoms with Gasteiger partial charge in [0.15, 0.2) is 11.0 Å². The third-order valence-corrected chi connectivity index (χ3v) is 6.49. The van der Waals surface area contributed by atoms with Gasteiger partial charge in [0, 0.05) is 17.4 Å². The summed E-state index contributed by atoms with van der Waals surface area (Å²) in [6.45, 7) is 0. The Hall–Kier alpha value is -1.09. The first-order valence-electron chi connectivity index (χ1n) is 8.29. The second-order valence-electron chi connectivity index (χ2n) is 6.16. The average molecular weight is 401 g/mol. The Kier molecular flexibility index (Phi) is 6.04. The van der Waals surface area contributed by atoms with Gasteiger partial charge in [-0.25, -0.2) is 13.6 Å². The lowest BCUT2D eigenvalue weighted by molar-refractivity contribution is 0.485. The first kappa shape index (κ1) is 18.7. The summed E-state index contributed by atoms with van der Waals surface area (Å²) in [6.07, 6.45) is 5.07. The predicted octanol–water partition coefficient (Wildman–Crippen LogP) is 3.48. The van der Waals surface area contributed by atoms with Gasteiger partial charge in [0.1, 0.15) is 0 Å². The Labute approximate surface area is 157 Å². The van der Waals surface area contributed by atoms with E-state index >= 15 is 0 Å². The highest BCUT2D eigenvalue weighted by Gasteiger charge is 2.25. The second kappa shape index (κ2) is 8.07. The second-order valence-corrected chi connectivity index (χ2v) is 9.37. The molecule has 1 saturated carbocycles. The largest absolute Gasteiger partial charge is 0.299 e. The van der Waals surface area contributed by atoms with Crippen LogP contribution >= 0.6 is 23.4 Å². The molecule has 6 nitrogen and oxygen atoms in total. The van der Waals surface area contributed by atoms with Gasteiger partial charge in [0.25, 0.3) is 0 Å². The number of rotatable bonds is 7. The Balaban J connectivity index is 1.84.